The molecule has 0 bridgehead atoms. The third kappa shape index (κ3) is 6.93. The smallest absolute Gasteiger partial charge is 0.307 e. The number of amides is 1. The summed E-state index contributed by atoms with van der Waals surface area (Å²) in [7, 11) is 1.30. The van der Waals surface area contributed by atoms with E-state index in [4.69, 9.17) is 21.1 Å². The second-order valence-electron chi connectivity index (χ2n) is 6.92. The van der Waals surface area contributed by atoms with Gasteiger partial charge in [0.25, 0.3) is 0 Å². The minimum atomic E-state index is -0.607. The molecule has 0 saturated carbocycles. The number of aryl methyl sites for hydroxylation is 1. The molecule has 1 heterocycles. The number of carbonyl (C=O) groups excluding carboxylic acids is 2. The van der Waals surface area contributed by atoms with Crippen LogP contribution in [0.1, 0.15) is 34.3 Å². The van der Waals surface area contributed by atoms with Crippen molar-refractivity contribution in [2.75, 3.05) is 7.11 Å². The summed E-state index contributed by atoms with van der Waals surface area (Å²) in [4.78, 5) is 28.7. The summed E-state index contributed by atoms with van der Waals surface area (Å²) in [5, 5.41) is 6.25. The van der Waals surface area contributed by atoms with Crippen LogP contribution >= 0.6 is 22.9 Å². The zero-order chi connectivity index (χ0) is 22.9. The van der Waals surface area contributed by atoms with E-state index in [0.717, 1.165) is 16.3 Å². The van der Waals surface area contributed by atoms with Crippen LogP contribution in [0.3, 0.4) is 0 Å². The molecule has 0 aliphatic carbocycles. The zero-order valence-electron chi connectivity index (χ0n) is 17.7. The van der Waals surface area contributed by atoms with Crippen molar-refractivity contribution in [3.63, 3.8) is 0 Å². The van der Waals surface area contributed by atoms with Crippen molar-refractivity contribution in [1.82, 2.24) is 10.3 Å². The van der Waals surface area contributed by atoms with Crippen LogP contribution in [0.4, 0.5) is 0 Å². The molecule has 1 N–H and O–H groups in total. The van der Waals surface area contributed by atoms with Gasteiger partial charge in [0.1, 0.15) is 12.4 Å². The lowest BCUT2D eigenvalue weighted by atomic mass is 10.0. The average Bonchev–Trinajstić information content (AvgIpc) is 3.21. The maximum Gasteiger partial charge on any atom is 0.307 e. The Morgan fingerprint density at radius 3 is 2.75 bits per heavy atom. The molecule has 3 rings (SSSR count). The number of thiazole rings is 1. The number of nitrogens with one attached hydrogen (secondary N) is 1. The summed E-state index contributed by atoms with van der Waals surface area (Å²) < 4.78 is 10.5. The van der Waals surface area contributed by atoms with Crippen LogP contribution in [-0.4, -0.2) is 24.0 Å². The minimum Gasteiger partial charge on any atom is -0.487 e. The summed E-state index contributed by atoms with van der Waals surface area (Å²) in [6.45, 7) is 2.33. The number of benzene rings is 2. The van der Waals surface area contributed by atoms with E-state index in [9.17, 15) is 9.59 Å². The van der Waals surface area contributed by atoms with Gasteiger partial charge in [-0.3, -0.25) is 9.59 Å². The Morgan fingerprint density at radius 2 is 2.03 bits per heavy atom. The third-order valence-corrected chi connectivity index (χ3v) is 5.70. The Bertz CT molecular complexity index is 1110. The minimum absolute atomic E-state index is 0.0285. The Morgan fingerprint density at radius 1 is 1.22 bits per heavy atom. The normalized spacial score (nSPS) is 11.8. The fourth-order valence-electron chi connectivity index (χ4n) is 2.98. The molecule has 0 fully saturated rings. The maximum absolute atomic E-state index is 12.5. The van der Waals surface area contributed by atoms with E-state index >= 15 is 0 Å². The SMILES string of the molecule is COC(=O)CC(NC(=O)/C=C/c1cccc(OCc2csc(C)n2)c1)c1ccccc1Cl. The first-order chi connectivity index (χ1) is 15.4. The molecule has 0 saturated heterocycles. The van der Waals surface area contributed by atoms with E-state index < -0.39 is 12.0 Å². The lowest BCUT2D eigenvalue weighted by Gasteiger charge is -2.18. The molecule has 166 valence electrons. The number of hydrogen-bond acceptors (Lipinski definition) is 6. The standard InChI is InChI=1S/C24H23ClN2O4S/c1-16-26-18(15-32-16)14-31-19-7-5-6-17(12-19)10-11-23(28)27-22(13-24(29)30-2)20-8-3-4-9-21(20)25/h3-12,15,22H,13-14H2,1-2H3,(H,27,28)/b11-10+. The molecule has 0 radical (unpaired) electrons. The fraction of sp³-hybridized carbons (Fsp3) is 0.208. The Balaban J connectivity index is 1.65. The van der Waals surface area contributed by atoms with E-state index in [0.29, 0.717) is 22.9 Å². The van der Waals surface area contributed by atoms with E-state index in [-0.39, 0.29) is 12.3 Å². The second kappa shape index (κ2) is 11.5. The highest BCUT2D eigenvalue weighted by molar-refractivity contribution is 7.09. The van der Waals surface area contributed by atoms with Gasteiger partial charge in [0.05, 0.1) is 30.3 Å². The fourth-order valence-corrected chi connectivity index (χ4v) is 3.84. The van der Waals surface area contributed by atoms with Crippen molar-refractivity contribution in [3.05, 3.63) is 86.8 Å². The molecule has 1 amide bonds. The predicted molar refractivity (Wildman–Crippen MR) is 126 cm³/mol. The van der Waals surface area contributed by atoms with Gasteiger partial charge in [0, 0.05) is 16.5 Å². The van der Waals surface area contributed by atoms with Crippen molar-refractivity contribution in [3.8, 4) is 5.75 Å². The molecule has 0 aliphatic rings. The number of methoxy groups -OCH3 is 1. The van der Waals surface area contributed by atoms with E-state index in [1.54, 1.807) is 41.7 Å². The average molecular weight is 471 g/mol. The summed E-state index contributed by atoms with van der Waals surface area (Å²) in [5.74, 6) is -0.125. The monoisotopic (exact) mass is 470 g/mol. The van der Waals surface area contributed by atoms with Crippen LogP contribution in [-0.2, 0) is 20.9 Å². The molecule has 3 aromatic rings. The molecular weight excluding hydrogens is 448 g/mol. The first kappa shape index (κ1) is 23.5. The van der Waals surface area contributed by atoms with Gasteiger partial charge in [0.2, 0.25) is 5.91 Å². The summed E-state index contributed by atoms with van der Waals surface area (Å²) in [6.07, 6.45) is 3.06. The topological polar surface area (TPSA) is 77.5 Å². The van der Waals surface area contributed by atoms with Gasteiger partial charge >= 0.3 is 5.97 Å². The number of esters is 1. The number of aromatic nitrogens is 1. The van der Waals surface area contributed by atoms with Crippen LogP contribution in [0.2, 0.25) is 5.02 Å². The first-order valence-corrected chi connectivity index (χ1v) is 11.1. The van der Waals surface area contributed by atoms with Gasteiger partial charge in [-0.25, -0.2) is 4.98 Å². The Kier molecular flexibility index (Phi) is 8.41. The molecule has 1 aromatic heterocycles. The molecule has 1 atom stereocenters. The molecular formula is C24H23ClN2O4S. The number of halogens is 1. The quantitative estimate of drug-likeness (QED) is 0.347. The Labute approximate surface area is 195 Å². The van der Waals surface area contributed by atoms with E-state index in [1.165, 1.54) is 13.2 Å². The van der Waals surface area contributed by atoms with Gasteiger partial charge < -0.3 is 14.8 Å². The van der Waals surface area contributed by atoms with E-state index in [2.05, 4.69) is 10.3 Å². The highest BCUT2D eigenvalue weighted by Gasteiger charge is 2.20. The molecule has 1 unspecified atom stereocenters. The lowest BCUT2D eigenvalue weighted by molar-refractivity contribution is -0.141. The van der Waals surface area contributed by atoms with Crippen molar-refractivity contribution in [2.24, 2.45) is 0 Å². The van der Waals surface area contributed by atoms with Crippen molar-refractivity contribution in [1.29, 1.82) is 0 Å². The Hall–Kier alpha value is -3.16. The molecule has 0 spiro atoms. The van der Waals surface area contributed by atoms with Gasteiger partial charge in [-0.2, -0.15) is 0 Å². The molecule has 6 nitrogen and oxygen atoms in total. The predicted octanol–water partition coefficient (Wildman–Crippen LogP) is 5.12. The van der Waals surface area contributed by atoms with Crippen LogP contribution < -0.4 is 10.1 Å². The van der Waals surface area contributed by atoms with E-state index in [1.807, 2.05) is 36.6 Å². The van der Waals surface area contributed by atoms with Gasteiger partial charge in [-0.05, 0) is 42.3 Å². The highest BCUT2D eigenvalue weighted by atomic mass is 35.5. The number of hydrogen-bond donors (Lipinski definition) is 1. The second-order valence-corrected chi connectivity index (χ2v) is 8.38. The van der Waals surface area contributed by atoms with Gasteiger partial charge in [0.15, 0.2) is 0 Å². The van der Waals surface area contributed by atoms with Crippen molar-refractivity contribution in [2.45, 2.75) is 26.0 Å². The maximum atomic E-state index is 12.5. The first-order valence-electron chi connectivity index (χ1n) is 9.88. The van der Waals surface area contributed by atoms with Crippen LogP contribution in [0, 0.1) is 6.92 Å². The molecule has 8 heteroatoms. The highest BCUT2D eigenvalue weighted by Crippen LogP contribution is 2.25. The summed E-state index contributed by atoms with van der Waals surface area (Å²) >= 11 is 7.83. The van der Waals surface area contributed by atoms with Crippen LogP contribution in [0.15, 0.2) is 60.0 Å². The largest absolute Gasteiger partial charge is 0.487 e. The van der Waals surface area contributed by atoms with Crippen molar-refractivity contribution >= 4 is 40.9 Å². The third-order valence-electron chi connectivity index (χ3n) is 4.53. The van der Waals surface area contributed by atoms with Crippen molar-refractivity contribution < 1.29 is 19.1 Å². The van der Waals surface area contributed by atoms with Gasteiger partial charge in [-0.1, -0.05) is 41.9 Å². The number of nitrogens with zero attached hydrogens (tertiary/aromatic N) is 1. The number of carbonyl (C=O) groups is 2. The molecule has 32 heavy (non-hydrogen) atoms. The van der Waals surface area contributed by atoms with Crippen LogP contribution in [0.5, 0.6) is 5.75 Å². The number of rotatable bonds is 9. The van der Waals surface area contributed by atoms with Crippen LogP contribution in [0.25, 0.3) is 6.08 Å². The van der Waals surface area contributed by atoms with Gasteiger partial charge in [-0.15, -0.1) is 11.3 Å². The zero-order valence-corrected chi connectivity index (χ0v) is 19.3. The molecule has 2 aromatic carbocycles. The summed E-state index contributed by atoms with van der Waals surface area (Å²) in [5.41, 5.74) is 2.33. The summed E-state index contributed by atoms with van der Waals surface area (Å²) in [6, 6.07) is 13.9. The lowest BCUT2D eigenvalue weighted by Crippen LogP contribution is -2.29. The molecule has 0 aliphatic heterocycles. The number of ether oxygens (including phenoxy) is 2.